The van der Waals surface area contributed by atoms with Gasteiger partial charge in [-0.2, -0.15) is 5.26 Å². The van der Waals surface area contributed by atoms with Crippen molar-refractivity contribution in [3.05, 3.63) is 57.3 Å². The maximum atomic E-state index is 12.4. The van der Waals surface area contributed by atoms with Crippen molar-refractivity contribution >= 4 is 29.0 Å². The van der Waals surface area contributed by atoms with Gasteiger partial charge in [0.1, 0.15) is 0 Å². The first kappa shape index (κ1) is 20.3. The Hall–Kier alpha value is -2.98. The highest BCUT2D eigenvalue weighted by Crippen LogP contribution is 2.19. The lowest BCUT2D eigenvalue weighted by atomic mass is 10.1. The predicted octanol–water partition coefficient (Wildman–Crippen LogP) is 3.00. The molecule has 0 aliphatic rings. The molecular weight excluding hydrogens is 364 g/mol. The molecule has 6 nitrogen and oxygen atoms in total. The number of thiophene rings is 1. The van der Waals surface area contributed by atoms with Crippen LogP contribution in [0, 0.1) is 11.3 Å². The third-order valence-corrected chi connectivity index (χ3v) is 4.89. The van der Waals surface area contributed by atoms with Crippen LogP contribution in [-0.4, -0.2) is 23.8 Å². The Balaban J connectivity index is 1.83. The second-order valence-corrected chi connectivity index (χ2v) is 7.15. The molecule has 0 saturated carbocycles. The van der Waals surface area contributed by atoms with Crippen molar-refractivity contribution in [2.24, 2.45) is 0 Å². The lowest BCUT2D eigenvalue weighted by molar-refractivity contribution is -0.146. The summed E-state index contributed by atoms with van der Waals surface area (Å²) in [5.41, 5.74) is 1.49. The van der Waals surface area contributed by atoms with Gasteiger partial charge in [-0.05, 0) is 43.2 Å². The van der Waals surface area contributed by atoms with Gasteiger partial charge in [0.25, 0.3) is 0 Å². The summed E-state index contributed by atoms with van der Waals surface area (Å²) in [6.45, 7) is 3.35. The number of Topliss-reactive ketones (excluding diaryl/α,β-unsaturated/α-hetero) is 1. The fourth-order valence-electron chi connectivity index (χ4n) is 2.32. The zero-order chi connectivity index (χ0) is 19.8. The van der Waals surface area contributed by atoms with E-state index in [2.05, 4.69) is 5.32 Å². The molecule has 1 heterocycles. The van der Waals surface area contributed by atoms with Gasteiger partial charge in [-0.25, -0.2) is 0 Å². The molecule has 1 amide bonds. The van der Waals surface area contributed by atoms with Crippen LogP contribution < -0.4 is 5.32 Å². The lowest BCUT2D eigenvalue weighted by Crippen LogP contribution is -2.24. The number of rotatable bonds is 8. The molecule has 0 aliphatic carbocycles. The van der Waals surface area contributed by atoms with E-state index in [0.717, 1.165) is 10.4 Å². The number of nitrogens with zero attached hydrogens (tertiary/aromatic N) is 1. The summed E-state index contributed by atoms with van der Waals surface area (Å²) in [5.74, 6) is -0.850. The maximum Gasteiger partial charge on any atom is 0.306 e. The molecule has 0 saturated heterocycles. The zero-order valence-corrected chi connectivity index (χ0v) is 16.0. The number of hydrogen-bond acceptors (Lipinski definition) is 6. The van der Waals surface area contributed by atoms with Crippen LogP contribution in [0.5, 0.6) is 0 Å². The minimum absolute atomic E-state index is 0.138. The third-order valence-electron chi connectivity index (χ3n) is 3.79. The first-order valence-corrected chi connectivity index (χ1v) is 9.26. The third kappa shape index (κ3) is 6.35. The number of carbonyl (C=O) groups excluding carboxylic acids is 3. The van der Waals surface area contributed by atoms with E-state index in [1.165, 1.54) is 18.3 Å². The maximum absolute atomic E-state index is 12.4. The molecule has 0 aliphatic heterocycles. The standard InChI is InChI=1S/C20H20N2O4S/c1-13(20(25)18-9-8-17(27-18)12-22-14(2)23)26-19(24)10-7-15-3-5-16(11-21)6-4-15/h3-6,8-9,13H,7,10,12H2,1-2H3,(H,22,23). The Labute approximate surface area is 161 Å². The van der Waals surface area contributed by atoms with Crippen molar-refractivity contribution < 1.29 is 19.1 Å². The van der Waals surface area contributed by atoms with E-state index >= 15 is 0 Å². The fourth-order valence-corrected chi connectivity index (χ4v) is 3.28. The molecule has 2 rings (SSSR count). The second-order valence-electron chi connectivity index (χ2n) is 5.98. The summed E-state index contributed by atoms with van der Waals surface area (Å²) < 4.78 is 5.24. The number of hydrogen-bond donors (Lipinski definition) is 1. The Bertz CT molecular complexity index is 865. The Morgan fingerprint density at radius 1 is 1.19 bits per heavy atom. The van der Waals surface area contributed by atoms with Crippen LogP contribution in [0.25, 0.3) is 0 Å². The number of aryl methyl sites for hydroxylation is 1. The van der Waals surface area contributed by atoms with Crippen molar-refractivity contribution in [1.82, 2.24) is 5.32 Å². The van der Waals surface area contributed by atoms with Gasteiger partial charge >= 0.3 is 5.97 Å². The normalized spacial score (nSPS) is 11.3. The average molecular weight is 384 g/mol. The van der Waals surface area contributed by atoms with Crippen molar-refractivity contribution in [2.75, 3.05) is 0 Å². The van der Waals surface area contributed by atoms with Crippen LogP contribution in [0.4, 0.5) is 0 Å². The first-order valence-electron chi connectivity index (χ1n) is 8.45. The highest BCUT2D eigenvalue weighted by atomic mass is 32.1. The van der Waals surface area contributed by atoms with Crippen molar-refractivity contribution in [2.45, 2.75) is 39.3 Å². The van der Waals surface area contributed by atoms with E-state index < -0.39 is 12.1 Å². The zero-order valence-electron chi connectivity index (χ0n) is 15.2. The summed E-state index contributed by atoms with van der Waals surface area (Å²) in [6, 6.07) is 12.5. The molecule has 0 bridgehead atoms. The van der Waals surface area contributed by atoms with E-state index in [1.54, 1.807) is 43.3 Å². The fraction of sp³-hybridized carbons (Fsp3) is 0.300. The Kier molecular flexibility index (Phi) is 7.26. The molecular formula is C20H20N2O4S. The Morgan fingerprint density at radius 3 is 2.52 bits per heavy atom. The number of nitriles is 1. The molecule has 7 heteroatoms. The largest absolute Gasteiger partial charge is 0.454 e. The van der Waals surface area contributed by atoms with Crippen LogP contribution in [-0.2, 0) is 27.3 Å². The van der Waals surface area contributed by atoms with E-state index in [4.69, 9.17) is 10.00 Å². The number of esters is 1. The van der Waals surface area contributed by atoms with Crippen molar-refractivity contribution in [3.63, 3.8) is 0 Å². The molecule has 0 radical (unpaired) electrons. The summed E-state index contributed by atoms with van der Waals surface area (Å²) in [6.07, 6.45) is -0.238. The summed E-state index contributed by atoms with van der Waals surface area (Å²) >= 11 is 1.27. The molecule has 2 aromatic rings. The molecule has 27 heavy (non-hydrogen) atoms. The smallest absolute Gasteiger partial charge is 0.306 e. The van der Waals surface area contributed by atoms with Crippen molar-refractivity contribution in [1.29, 1.82) is 5.26 Å². The summed E-state index contributed by atoms with van der Waals surface area (Å²) in [7, 11) is 0. The van der Waals surface area contributed by atoms with E-state index in [9.17, 15) is 14.4 Å². The van der Waals surface area contributed by atoms with Crippen LogP contribution in [0.2, 0.25) is 0 Å². The molecule has 0 fully saturated rings. The number of nitrogens with one attached hydrogen (secondary N) is 1. The van der Waals surface area contributed by atoms with Crippen LogP contribution in [0.1, 0.15) is 45.9 Å². The average Bonchev–Trinajstić information content (AvgIpc) is 3.13. The first-order chi connectivity index (χ1) is 12.9. The molecule has 1 aromatic carbocycles. The number of benzene rings is 1. The topological polar surface area (TPSA) is 96.3 Å². The van der Waals surface area contributed by atoms with Crippen LogP contribution >= 0.6 is 11.3 Å². The number of carbonyl (C=O) groups is 3. The predicted molar refractivity (Wildman–Crippen MR) is 101 cm³/mol. The summed E-state index contributed by atoms with van der Waals surface area (Å²) in [4.78, 5) is 36.7. The second kappa shape index (κ2) is 9.64. The van der Waals surface area contributed by atoms with Gasteiger partial charge in [0.05, 0.1) is 23.1 Å². The summed E-state index contributed by atoms with van der Waals surface area (Å²) in [5, 5.41) is 11.4. The molecule has 1 N–H and O–H groups in total. The molecule has 1 unspecified atom stereocenters. The highest BCUT2D eigenvalue weighted by Gasteiger charge is 2.21. The molecule has 140 valence electrons. The number of ketones is 1. The van der Waals surface area contributed by atoms with Gasteiger partial charge in [0, 0.05) is 18.2 Å². The Morgan fingerprint density at radius 2 is 1.89 bits per heavy atom. The van der Waals surface area contributed by atoms with Gasteiger partial charge in [0.2, 0.25) is 11.7 Å². The minimum Gasteiger partial charge on any atom is -0.454 e. The van der Waals surface area contributed by atoms with E-state index in [-0.39, 0.29) is 18.1 Å². The number of amides is 1. The monoisotopic (exact) mass is 384 g/mol. The molecule has 1 aromatic heterocycles. The lowest BCUT2D eigenvalue weighted by Gasteiger charge is -2.11. The SMILES string of the molecule is CC(=O)NCc1ccc(C(=O)C(C)OC(=O)CCc2ccc(C#N)cc2)s1. The number of ether oxygens (including phenoxy) is 1. The van der Waals surface area contributed by atoms with Gasteiger partial charge in [0.15, 0.2) is 6.10 Å². The van der Waals surface area contributed by atoms with Gasteiger partial charge in [-0.1, -0.05) is 12.1 Å². The van der Waals surface area contributed by atoms with Crippen molar-refractivity contribution in [3.8, 4) is 6.07 Å². The molecule has 1 atom stereocenters. The van der Waals surface area contributed by atoms with E-state index in [1.807, 2.05) is 6.07 Å². The van der Waals surface area contributed by atoms with Crippen LogP contribution in [0.3, 0.4) is 0 Å². The van der Waals surface area contributed by atoms with Gasteiger partial charge in [-0.15, -0.1) is 11.3 Å². The highest BCUT2D eigenvalue weighted by molar-refractivity contribution is 7.14. The molecule has 0 spiro atoms. The van der Waals surface area contributed by atoms with Gasteiger partial charge in [-0.3, -0.25) is 14.4 Å². The van der Waals surface area contributed by atoms with E-state index in [0.29, 0.717) is 23.4 Å². The minimum atomic E-state index is -0.870. The van der Waals surface area contributed by atoms with Crippen LogP contribution in [0.15, 0.2) is 36.4 Å². The quantitative estimate of drug-likeness (QED) is 0.557. The van der Waals surface area contributed by atoms with Gasteiger partial charge < -0.3 is 10.1 Å².